The molecule has 2 atom stereocenters. The first-order valence-electron chi connectivity index (χ1n) is 9.57. The van der Waals surface area contributed by atoms with Crippen LogP contribution in [0.1, 0.15) is 19.3 Å². The fraction of sp³-hybridized carbons (Fsp3) is 0.556. The molecule has 3 rings (SSSR count). The van der Waals surface area contributed by atoms with Gasteiger partial charge >= 0.3 is 6.09 Å². The number of piperidine rings is 1. The lowest BCUT2D eigenvalue weighted by Gasteiger charge is -2.31. The van der Waals surface area contributed by atoms with Gasteiger partial charge in [-0.2, -0.15) is 4.31 Å². The van der Waals surface area contributed by atoms with Crippen LogP contribution in [0.3, 0.4) is 0 Å². The lowest BCUT2D eigenvalue weighted by Crippen LogP contribution is -2.47. The minimum atomic E-state index is -3.81. The van der Waals surface area contributed by atoms with Gasteiger partial charge in [0.1, 0.15) is 0 Å². The standard InChI is InChI=1S/C18H25N3O7S2/c1-28-18(23)20-14-4-6-16(7-5-14)30(26,27)21-9-2-3-13(11-21)17(22)19-15-8-10-29(24,25)12-15/h4-7,13,15H,2-3,8-12H2,1H3,(H,19,22)(H,20,23)/t13-,15+/m1/s1. The number of sulfone groups is 1. The van der Waals surface area contributed by atoms with Crippen molar-refractivity contribution in [3.05, 3.63) is 24.3 Å². The molecule has 30 heavy (non-hydrogen) atoms. The molecule has 2 saturated heterocycles. The summed E-state index contributed by atoms with van der Waals surface area (Å²) in [5.74, 6) is -0.852. The summed E-state index contributed by atoms with van der Waals surface area (Å²) in [7, 11) is -5.70. The number of hydrogen-bond donors (Lipinski definition) is 2. The summed E-state index contributed by atoms with van der Waals surface area (Å²) in [4.78, 5) is 23.9. The Bertz CT molecular complexity index is 1010. The molecule has 166 valence electrons. The summed E-state index contributed by atoms with van der Waals surface area (Å²) in [6.45, 7) is 0.335. The summed E-state index contributed by atoms with van der Waals surface area (Å²) in [6.07, 6.45) is 0.793. The van der Waals surface area contributed by atoms with Gasteiger partial charge in [0.15, 0.2) is 9.84 Å². The Kier molecular flexibility index (Phi) is 6.68. The second kappa shape index (κ2) is 8.90. The molecule has 2 aliphatic rings. The molecular weight excluding hydrogens is 434 g/mol. The van der Waals surface area contributed by atoms with Crippen LogP contribution in [0.15, 0.2) is 29.2 Å². The van der Waals surface area contributed by atoms with E-state index in [9.17, 15) is 26.4 Å². The molecule has 0 aromatic heterocycles. The number of sulfonamides is 1. The van der Waals surface area contributed by atoms with Crippen molar-refractivity contribution in [1.29, 1.82) is 0 Å². The Labute approximate surface area is 175 Å². The molecule has 0 bridgehead atoms. The monoisotopic (exact) mass is 459 g/mol. The first-order chi connectivity index (χ1) is 14.1. The highest BCUT2D eigenvalue weighted by molar-refractivity contribution is 7.91. The van der Waals surface area contributed by atoms with Gasteiger partial charge in [-0.1, -0.05) is 0 Å². The Balaban J connectivity index is 1.65. The van der Waals surface area contributed by atoms with Crippen molar-refractivity contribution in [1.82, 2.24) is 9.62 Å². The van der Waals surface area contributed by atoms with Crippen LogP contribution in [-0.2, 0) is 29.4 Å². The zero-order valence-corrected chi connectivity index (χ0v) is 18.2. The van der Waals surface area contributed by atoms with Crippen molar-refractivity contribution in [2.24, 2.45) is 5.92 Å². The van der Waals surface area contributed by atoms with E-state index >= 15 is 0 Å². The highest BCUT2D eigenvalue weighted by atomic mass is 32.2. The second-order valence-electron chi connectivity index (χ2n) is 7.45. The Morgan fingerprint density at radius 2 is 1.87 bits per heavy atom. The van der Waals surface area contributed by atoms with Crippen LogP contribution >= 0.6 is 0 Å². The lowest BCUT2D eigenvalue weighted by molar-refractivity contribution is -0.126. The van der Waals surface area contributed by atoms with Crippen molar-refractivity contribution >= 4 is 37.5 Å². The third kappa shape index (κ3) is 5.29. The largest absolute Gasteiger partial charge is 0.453 e. The molecule has 1 aromatic carbocycles. The van der Waals surface area contributed by atoms with Gasteiger partial charge in [-0.3, -0.25) is 10.1 Å². The number of carbonyl (C=O) groups excluding carboxylic acids is 2. The topological polar surface area (TPSA) is 139 Å². The van der Waals surface area contributed by atoms with Gasteiger partial charge < -0.3 is 10.1 Å². The molecule has 2 heterocycles. The first-order valence-corrected chi connectivity index (χ1v) is 12.8. The van der Waals surface area contributed by atoms with E-state index in [1.165, 1.54) is 35.7 Å². The third-order valence-electron chi connectivity index (χ3n) is 5.26. The molecule has 2 N–H and O–H groups in total. The van der Waals surface area contributed by atoms with Crippen LogP contribution in [0.5, 0.6) is 0 Å². The fourth-order valence-corrected chi connectivity index (χ4v) is 6.83. The average Bonchev–Trinajstić information content (AvgIpc) is 3.06. The van der Waals surface area contributed by atoms with Crippen LogP contribution in [0, 0.1) is 5.92 Å². The molecule has 0 radical (unpaired) electrons. The van der Waals surface area contributed by atoms with E-state index in [0.29, 0.717) is 31.5 Å². The summed E-state index contributed by atoms with van der Waals surface area (Å²) in [5, 5.41) is 5.20. The number of rotatable bonds is 5. The molecule has 0 unspecified atom stereocenters. The van der Waals surface area contributed by atoms with Gasteiger partial charge in [0.2, 0.25) is 15.9 Å². The van der Waals surface area contributed by atoms with Crippen LogP contribution in [-0.4, -0.2) is 70.9 Å². The highest BCUT2D eigenvalue weighted by Gasteiger charge is 2.35. The zero-order chi connectivity index (χ0) is 21.9. The number of methoxy groups -OCH3 is 1. The van der Waals surface area contributed by atoms with Gasteiger partial charge in [0, 0.05) is 24.8 Å². The molecule has 0 spiro atoms. The van der Waals surface area contributed by atoms with Crippen LogP contribution in [0.25, 0.3) is 0 Å². The van der Waals surface area contributed by atoms with E-state index in [1.54, 1.807) is 0 Å². The summed E-state index contributed by atoms with van der Waals surface area (Å²) in [5.41, 5.74) is 0.392. The molecule has 2 aliphatic heterocycles. The summed E-state index contributed by atoms with van der Waals surface area (Å²) >= 11 is 0. The molecular formula is C18H25N3O7S2. The zero-order valence-electron chi connectivity index (χ0n) is 16.5. The summed E-state index contributed by atoms with van der Waals surface area (Å²) < 4.78 is 54.9. The molecule has 10 nitrogen and oxygen atoms in total. The van der Waals surface area contributed by atoms with E-state index in [1.807, 2.05) is 0 Å². The van der Waals surface area contributed by atoms with Crippen molar-refractivity contribution in [2.45, 2.75) is 30.2 Å². The number of nitrogens with one attached hydrogen (secondary N) is 2. The minimum absolute atomic E-state index is 0.0375. The molecule has 1 aromatic rings. The van der Waals surface area contributed by atoms with Crippen LogP contribution < -0.4 is 10.6 Å². The minimum Gasteiger partial charge on any atom is -0.453 e. The number of ether oxygens (including phenoxy) is 1. The van der Waals surface area contributed by atoms with Gasteiger partial charge in [0.25, 0.3) is 0 Å². The fourth-order valence-electron chi connectivity index (χ4n) is 3.63. The van der Waals surface area contributed by atoms with E-state index in [2.05, 4.69) is 15.4 Å². The van der Waals surface area contributed by atoms with E-state index in [4.69, 9.17) is 0 Å². The average molecular weight is 460 g/mol. The number of carbonyl (C=O) groups is 2. The Morgan fingerprint density at radius 1 is 1.17 bits per heavy atom. The number of hydrogen-bond acceptors (Lipinski definition) is 7. The highest BCUT2D eigenvalue weighted by Crippen LogP contribution is 2.25. The van der Waals surface area contributed by atoms with Crippen LogP contribution in [0.2, 0.25) is 0 Å². The molecule has 2 fully saturated rings. The normalized spacial score (nSPS) is 24.2. The quantitative estimate of drug-likeness (QED) is 0.656. The predicted octanol–water partition coefficient (Wildman–Crippen LogP) is 0.569. The van der Waals surface area contributed by atoms with Crippen molar-refractivity contribution < 1.29 is 31.2 Å². The van der Waals surface area contributed by atoms with Gasteiger partial charge in [0.05, 0.1) is 29.4 Å². The van der Waals surface area contributed by atoms with Gasteiger partial charge in [-0.15, -0.1) is 0 Å². The van der Waals surface area contributed by atoms with Gasteiger partial charge in [-0.05, 0) is 43.5 Å². The van der Waals surface area contributed by atoms with E-state index < -0.39 is 37.9 Å². The SMILES string of the molecule is COC(=O)Nc1ccc(S(=O)(=O)N2CCC[C@@H](C(=O)N[C@H]3CCS(=O)(=O)C3)C2)cc1. The Hall–Kier alpha value is -2.18. The van der Waals surface area contributed by atoms with Crippen molar-refractivity contribution in [3.8, 4) is 0 Å². The maximum Gasteiger partial charge on any atom is 0.411 e. The number of nitrogens with zero attached hydrogens (tertiary/aromatic N) is 1. The van der Waals surface area contributed by atoms with Crippen LogP contribution in [0.4, 0.5) is 10.5 Å². The maximum absolute atomic E-state index is 13.0. The summed E-state index contributed by atoms with van der Waals surface area (Å²) in [6, 6.07) is 5.27. The lowest BCUT2D eigenvalue weighted by atomic mass is 9.98. The van der Waals surface area contributed by atoms with E-state index in [-0.39, 0.29) is 28.9 Å². The predicted molar refractivity (Wildman–Crippen MR) is 109 cm³/mol. The maximum atomic E-state index is 13.0. The number of anilines is 1. The molecule has 12 heteroatoms. The number of benzene rings is 1. The molecule has 2 amide bonds. The molecule has 0 aliphatic carbocycles. The molecule has 0 saturated carbocycles. The third-order valence-corrected chi connectivity index (χ3v) is 8.90. The number of amides is 2. The Morgan fingerprint density at radius 3 is 2.47 bits per heavy atom. The van der Waals surface area contributed by atoms with Gasteiger partial charge in [-0.25, -0.2) is 21.6 Å². The van der Waals surface area contributed by atoms with Crippen molar-refractivity contribution in [2.75, 3.05) is 37.0 Å². The van der Waals surface area contributed by atoms with E-state index in [0.717, 1.165) is 0 Å². The second-order valence-corrected chi connectivity index (χ2v) is 11.6. The van der Waals surface area contributed by atoms with Crippen molar-refractivity contribution in [3.63, 3.8) is 0 Å². The first kappa shape index (κ1) is 22.5. The smallest absolute Gasteiger partial charge is 0.411 e.